The molecule has 0 saturated heterocycles. The first-order valence-electron chi connectivity index (χ1n) is 7.03. The Morgan fingerprint density at radius 1 is 1.47 bits per heavy atom. The Labute approximate surface area is 114 Å². The lowest BCUT2D eigenvalue weighted by atomic mass is 9.48. The summed E-state index contributed by atoms with van der Waals surface area (Å²) < 4.78 is 0. The first-order chi connectivity index (χ1) is 8.79. The van der Waals surface area contributed by atoms with E-state index in [-0.39, 0.29) is 24.2 Å². The lowest BCUT2D eigenvalue weighted by molar-refractivity contribution is -0.202. The molecule has 2 rings (SSSR count). The van der Waals surface area contributed by atoms with Crippen LogP contribution in [0.15, 0.2) is 12.2 Å². The van der Waals surface area contributed by atoms with Crippen molar-refractivity contribution in [1.82, 2.24) is 0 Å². The van der Waals surface area contributed by atoms with Crippen molar-refractivity contribution >= 4 is 5.78 Å². The third-order valence-electron chi connectivity index (χ3n) is 5.58. The zero-order valence-corrected chi connectivity index (χ0v) is 11.8. The molecule has 0 aromatic rings. The lowest BCUT2D eigenvalue weighted by Crippen LogP contribution is -2.66. The third-order valence-corrected chi connectivity index (χ3v) is 5.58. The predicted octanol–water partition coefficient (Wildman–Crippen LogP) is 0.898. The van der Waals surface area contributed by atoms with Gasteiger partial charge < -0.3 is 15.3 Å². The van der Waals surface area contributed by atoms with Crippen molar-refractivity contribution in [2.45, 2.75) is 45.3 Å². The molecule has 3 N–H and O–H groups in total. The van der Waals surface area contributed by atoms with E-state index in [4.69, 9.17) is 0 Å². The SMILES string of the molecule is CC(CO)C1C(=O)C=C[C@]2(O)[C@H](O)CC[C@H](C)[C@@]12C. The van der Waals surface area contributed by atoms with Crippen LogP contribution in [0.5, 0.6) is 0 Å². The van der Waals surface area contributed by atoms with E-state index >= 15 is 0 Å². The second kappa shape index (κ2) is 4.69. The maximum Gasteiger partial charge on any atom is 0.159 e. The molecule has 19 heavy (non-hydrogen) atoms. The molecule has 2 unspecified atom stereocenters. The number of carbonyl (C=O) groups excluding carboxylic acids is 1. The molecular formula is C15H24O4. The van der Waals surface area contributed by atoms with Crippen molar-refractivity contribution in [3.8, 4) is 0 Å². The highest BCUT2D eigenvalue weighted by molar-refractivity contribution is 5.94. The standard InChI is InChI=1S/C15H24O4/c1-9(8-16)13-11(17)6-7-15(19)12(18)5-4-10(2)14(13,15)3/h6-7,9-10,12-13,16,18-19H,4-5,8H2,1-3H3/t9?,10-,12+,13?,14-,15-/m0/s1. The molecule has 4 heteroatoms. The maximum atomic E-state index is 12.3. The van der Waals surface area contributed by atoms with Gasteiger partial charge in [0.25, 0.3) is 0 Å². The minimum atomic E-state index is -1.38. The van der Waals surface area contributed by atoms with Crippen LogP contribution in [0.1, 0.15) is 33.6 Å². The number of carbonyl (C=O) groups is 1. The number of ketones is 1. The van der Waals surface area contributed by atoms with Crippen molar-refractivity contribution < 1.29 is 20.1 Å². The lowest BCUT2D eigenvalue weighted by Gasteiger charge is -2.59. The van der Waals surface area contributed by atoms with Crippen LogP contribution in [-0.4, -0.2) is 39.4 Å². The molecule has 2 aliphatic rings. The number of hydrogen-bond donors (Lipinski definition) is 3. The Balaban J connectivity index is 2.57. The Morgan fingerprint density at radius 3 is 2.68 bits per heavy atom. The summed E-state index contributed by atoms with van der Waals surface area (Å²) in [6, 6.07) is 0. The van der Waals surface area contributed by atoms with E-state index in [1.807, 2.05) is 20.8 Å². The average molecular weight is 268 g/mol. The molecule has 1 fully saturated rings. The van der Waals surface area contributed by atoms with Gasteiger partial charge >= 0.3 is 0 Å². The summed E-state index contributed by atoms with van der Waals surface area (Å²) in [7, 11) is 0. The molecule has 0 radical (unpaired) electrons. The second-order valence-corrected chi connectivity index (χ2v) is 6.48. The first kappa shape index (κ1) is 14.7. The van der Waals surface area contributed by atoms with Crippen molar-refractivity contribution in [3.05, 3.63) is 12.2 Å². The Kier molecular flexibility index (Phi) is 3.62. The molecular weight excluding hydrogens is 244 g/mol. The van der Waals surface area contributed by atoms with Gasteiger partial charge in [0.1, 0.15) is 5.60 Å². The summed E-state index contributed by atoms with van der Waals surface area (Å²) in [5.41, 5.74) is -2.12. The summed E-state index contributed by atoms with van der Waals surface area (Å²) in [6.45, 7) is 5.61. The van der Waals surface area contributed by atoms with E-state index in [0.717, 1.165) is 6.42 Å². The van der Waals surface area contributed by atoms with Crippen LogP contribution >= 0.6 is 0 Å². The minimum Gasteiger partial charge on any atom is -0.396 e. The highest BCUT2D eigenvalue weighted by Gasteiger charge is 2.63. The van der Waals surface area contributed by atoms with Crippen molar-refractivity contribution in [3.63, 3.8) is 0 Å². The quantitative estimate of drug-likeness (QED) is 0.695. The average Bonchev–Trinajstić information content (AvgIpc) is 2.38. The van der Waals surface area contributed by atoms with Crippen LogP contribution < -0.4 is 0 Å². The highest BCUT2D eigenvalue weighted by atomic mass is 16.3. The van der Waals surface area contributed by atoms with Crippen LogP contribution in [-0.2, 0) is 4.79 Å². The summed E-state index contributed by atoms with van der Waals surface area (Å²) in [4.78, 5) is 12.3. The van der Waals surface area contributed by atoms with Gasteiger partial charge in [-0.3, -0.25) is 4.79 Å². The fraction of sp³-hybridized carbons (Fsp3) is 0.800. The van der Waals surface area contributed by atoms with E-state index in [1.54, 1.807) is 0 Å². The summed E-state index contributed by atoms with van der Waals surface area (Å²) in [5, 5.41) is 30.6. The number of allylic oxidation sites excluding steroid dienone is 1. The Hall–Kier alpha value is -0.710. The van der Waals surface area contributed by atoms with Gasteiger partial charge in [0, 0.05) is 17.9 Å². The van der Waals surface area contributed by atoms with E-state index in [2.05, 4.69) is 0 Å². The fourth-order valence-electron chi connectivity index (χ4n) is 4.11. The molecule has 0 spiro atoms. The van der Waals surface area contributed by atoms with Crippen molar-refractivity contribution in [2.75, 3.05) is 6.61 Å². The summed E-state index contributed by atoms with van der Waals surface area (Å²) >= 11 is 0. The van der Waals surface area contributed by atoms with Gasteiger partial charge in [-0.25, -0.2) is 0 Å². The molecule has 0 aromatic carbocycles. The maximum absolute atomic E-state index is 12.3. The first-order valence-corrected chi connectivity index (χ1v) is 7.03. The fourth-order valence-corrected chi connectivity index (χ4v) is 4.11. The largest absolute Gasteiger partial charge is 0.396 e. The number of rotatable bonds is 2. The van der Waals surface area contributed by atoms with Crippen molar-refractivity contribution in [2.24, 2.45) is 23.2 Å². The molecule has 4 nitrogen and oxygen atoms in total. The molecule has 0 aliphatic heterocycles. The van der Waals surface area contributed by atoms with Crippen LogP contribution in [0.2, 0.25) is 0 Å². The molecule has 0 aromatic heterocycles. The zero-order valence-electron chi connectivity index (χ0n) is 11.8. The van der Waals surface area contributed by atoms with Gasteiger partial charge in [-0.1, -0.05) is 20.8 Å². The molecule has 0 amide bonds. The number of hydrogen-bond acceptors (Lipinski definition) is 4. The van der Waals surface area contributed by atoms with E-state index in [1.165, 1.54) is 12.2 Å². The Bertz CT molecular complexity index is 405. The monoisotopic (exact) mass is 268 g/mol. The molecule has 108 valence electrons. The van der Waals surface area contributed by atoms with E-state index in [0.29, 0.717) is 6.42 Å². The zero-order chi connectivity index (χ0) is 14.4. The predicted molar refractivity (Wildman–Crippen MR) is 71.3 cm³/mol. The minimum absolute atomic E-state index is 0.0605. The van der Waals surface area contributed by atoms with Gasteiger partial charge in [-0.05, 0) is 36.8 Å². The van der Waals surface area contributed by atoms with E-state index < -0.39 is 23.0 Å². The number of aliphatic hydroxyl groups is 3. The van der Waals surface area contributed by atoms with Gasteiger partial charge in [-0.2, -0.15) is 0 Å². The second-order valence-electron chi connectivity index (χ2n) is 6.48. The molecule has 6 atom stereocenters. The van der Waals surface area contributed by atoms with Gasteiger partial charge in [0.2, 0.25) is 0 Å². The third kappa shape index (κ3) is 1.81. The van der Waals surface area contributed by atoms with Gasteiger partial charge in [0.15, 0.2) is 5.78 Å². The molecule has 2 aliphatic carbocycles. The molecule has 0 bridgehead atoms. The smallest absolute Gasteiger partial charge is 0.159 e. The number of fused-ring (bicyclic) bond motifs is 1. The van der Waals surface area contributed by atoms with Crippen LogP contribution in [0.4, 0.5) is 0 Å². The van der Waals surface area contributed by atoms with Crippen LogP contribution in [0.3, 0.4) is 0 Å². The highest BCUT2D eigenvalue weighted by Crippen LogP contribution is 2.57. The number of aliphatic hydroxyl groups excluding tert-OH is 2. The Morgan fingerprint density at radius 2 is 2.11 bits per heavy atom. The summed E-state index contributed by atoms with van der Waals surface area (Å²) in [6.07, 6.45) is 3.30. The van der Waals surface area contributed by atoms with Gasteiger partial charge in [0.05, 0.1) is 6.10 Å². The normalized spacial score (nSPS) is 47.9. The van der Waals surface area contributed by atoms with Crippen molar-refractivity contribution in [1.29, 1.82) is 0 Å². The molecule has 1 saturated carbocycles. The molecule has 0 heterocycles. The topological polar surface area (TPSA) is 77.8 Å². The van der Waals surface area contributed by atoms with E-state index in [9.17, 15) is 20.1 Å². The van der Waals surface area contributed by atoms with Gasteiger partial charge in [-0.15, -0.1) is 0 Å². The van der Waals surface area contributed by atoms with Crippen LogP contribution in [0, 0.1) is 23.2 Å². The summed E-state index contributed by atoms with van der Waals surface area (Å²) in [5.74, 6) is -0.650. The van der Waals surface area contributed by atoms with Crippen LogP contribution in [0.25, 0.3) is 0 Å².